The second-order valence-corrected chi connectivity index (χ2v) is 7.41. The summed E-state index contributed by atoms with van der Waals surface area (Å²) < 4.78 is 27.8. The monoisotopic (exact) mass is 335 g/mol. The Kier molecular flexibility index (Phi) is 4.94. The van der Waals surface area contributed by atoms with Crippen molar-refractivity contribution in [3.05, 3.63) is 28.2 Å². The van der Waals surface area contributed by atoms with Gasteiger partial charge in [0.1, 0.15) is 0 Å². The van der Waals surface area contributed by atoms with Crippen LogP contribution in [0.15, 0.2) is 27.6 Å². The van der Waals surface area contributed by atoms with Crippen molar-refractivity contribution in [1.29, 1.82) is 0 Å². The second-order valence-electron chi connectivity index (χ2n) is 4.87. The van der Waals surface area contributed by atoms with Crippen LogP contribution in [0.2, 0.25) is 0 Å². The van der Waals surface area contributed by atoms with Gasteiger partial charge in [0.15, 0.2) is 0 Å². The van der Waals surface area contributed by atoms with E-state index in [2.05, 4.69) is 20.7 Å². The van der Waals surface area contributed by atoms with E-state index in [4.69, 9.17) is 5.11 Å². The lowest BCUT2D eigenvalue weighted by molar-refractivity contribution is 0.246. The zero-order chi connectivity index (χ0) is 14.0. The third-order valence-corrected chi connectivity index (χ3v) is 5.17. The molecule has 6 heteroatoms. The van der Waals surface area contributed by atoms with Crippen LogP contribution in [0.3, 0.4) is 0 Å². The fraction of sp³-hybridized carbons (Fsp3) is 0.500. The number of aliphatic hydroxyl groups is 1. The molecule has 0 saturated carbocycles. The lowest BCUT2D eigenvalue weighted by atomic mass is 10.0. The number of aryl methyl sites for hydroxylation is 1. The molecule has 0 radical (unpaired) electrons. The van der Waals surface area contributed by atoms with Gasteiger partial charge in [-0.05, 0) is 51.0 Å². The Labute approximate surface area is 117 Å². The maximum Gasteiger partial charge on any atom is 0.241 e. The van der Waals surface area contributed by atoms with Crippen molar-refractivity contribution in [3.63, 3.8) is 0 Å². The van der Waals surface area contributed by atoms with Crippen LogP contribution in [0.4, 0.5) is 0 Å². The standard InChI is InChI=1S/C12H18BrNO3S/c1-9-8-10(4-5-11(9)13)18(16,17)14-12(2,3)6-7-15/h4-5,8,14-15H,6-7H2,1-3H3. The number of aliphatic hydroxyl groups excluding tert-OH is 1. The molecule has 0 aliphatic carbocycles. The van der Waals surface area contributed by atoms with Crippen molar-refractivity contribution in [2.75, 3.05) is 6.61 Å². The minimum absolute atomic E-state index is 0.0606. The summed E-state index contributed by atoms with van der Waals surface area (Å²) >= 11 is 3.33. The van der Waals surface area contributed by atoms with E-state index in [0.29, 0.717) is 6.42 Å². The molecule has 0 aromatic heterocycles. The molecule has 1 aromatic rings. The van der Waals surface area contributed by atoms with Gasteiger partial charge in [-0.3, -0.25) is 0 Å². The molecule has 1 aromatic carbocycles. The Balaban J connectivity index is 3.03. The van der Waals surface area contributed by atoms with Crippen LogP contribution in [0.25, 0.3) is 0 Å². The Morgan fingerprint density at radius 2 is 2.00 bits per heavy atom. The van der Waals surface area contributed by atoms with Crippen LogP contribution in [-0.4, -0.2) is 25.7 Å². The van der Waals surface area contributed by atoms with E-state index in [9.17, 15) is 8.42 Å². The summed E-state index contributed by atoms with van der Waals surface area (Å²) in [6, 6.07) is 4.87. The maximum absolute atomic E-state index is 12.2. The van der Waals surface area contributed by atoms with Crippen molar-refractivity contribution < 1.29 is 13.5 Å². The quantitative estimate of drug-likeness (QED) is 0.866. The Morgan fingerprint density at radius 1 is 1.39 bits per heavy atom. The van der Waals surface area contributed by atoms with Gasteiger partial charge in [-0.2, -0.15) is 0 Å². The van der Waals surface area contributed by atoms with E-state index >= 15 is 0 Å². The highest BCUT2D eigenvalue weighted by Gasteiger charge is 2.25. The molecule has 2 N–H and O–H groups in total. The lowest BCUT2D eigenvalue weighted by Crippen LogP contribution is -2.43. The van der Waals surface area contributed by atoms with Gasteiger partial charge < -0.3 is 5.11 Å². The molecule has 0 aliphatic rings. The lowest BCUT2D eigenvalue weighted by Gasteiger charge is -2.25. The predicted octanol–water partition coefficient (Wildman–Crippen LogP) is 2.20. The van der Waals surface area contributed by atoms with Gasteiger partial charge in [0.2, 0.25) is 10.0 Å². The number of benzene rings is 1. The van der Waals surface area contributed by atoms with E-state index in [1.165, 1.54) is 0 Å². The minimum Gasteiger partial charge on any atom is -0.396 e. The molecule has 0 bridgehead atoms. The first-order chi connectivity index (χ1) is 8.18. The Morgan fingerprint density at radius 3 is 2.50 bits per heavy atom. The first kappa shape index (κ1) is 15.6. The average molecular weight is 336 g/mol. The summed E-state index contributed by atoms with van der Waals surface area (Å²) in [4.78, 5) is 0.231. The van der Waals surface area contributed by atoms with E-state index in [-0.39, 0.29) is 11.5 Å². The number of hydrogen-bond acceptors (Lipinski definition) is 3. The fourth-order valence-corrected chi connectivity index (χ4v) is 3.31. The third-order valence-electron chi connectivity index (χ3n) is 2.59. The molecule has 18 heavy (non-hydrogen) atoms. The fourth-order valence-electron chi connectivity index (χ4n) is 1.54. The first-order valence-electron chi connectivity index (χ1n) is 5.59. The third kappa shape index (κ3) is 4.05. The smallest absolute Gasteiger partial charge is 0.241 e. The van der Waals surface area contributed by atoms with Crippen LogP contribution in [0.1, 0.15) is 25.8 Å². The zero-order valence-electron chi connectivity index (χ0n) is 10.7. The topological polar surface area (TPSA) is 66.4 Å². The van der Waals surface area contributed by atoms with Gasteiger partial charge in [0, 0.05) is 16.6 Å². The van der Waals surface area contributed by atoms with Crippen LogP contribution in [-0.2, 0) is 10.0 Å². The highest BCUT2D eigenvalue weighted by atomic mass is 79.9. The van der Waals surface area contributed by atoms with Crippen molar-refractivity contribution in [3.8, 4) is 0 Å². The van der Waals surface area contributed by atoms with Crippen LogP contribution in [0.5, 0.6) is 0 Å². The minimum atomic E-state index is -3.56. The Hall–Kier alpha value is -0.430. The molecule has 1 rings (SSSR count). The molecule has 4 nitrogen and oxygen atoms in total. The zero-order valence-corrected chi connectivity index (χ0v) is 13.1. The summed E-state index contributed by atoms with van der Waals surface area (Å²) in [5.41, 5.74) is 0.187. The van der Waals surface area contributed by atoms with E-state index in [1.807, 2.05) is 6.92 Å². The van der Waals surface area contributed by atoms with Gasteiger partial charge in [-0.15, -0.1) is 0 Å². The molecule has 0 fully saturated rings. The molecule has 102 valence electrons. The van der Waals surface area contributed by atoms with E-state index in [0.717, 1.165) is 10.0 Å². The molecular weight excluding hydrogens is 318 g/mol. The van der Waals surface area contributed by atoms with Crippen molar-refractivity contribution in [2.24, 2.45) is 0 Å². The SMILES string of the molecule is Cc1cc(S(=O)(=O)NC(C)(C)CCO)ccc1Br. The molecule has 0 heterocycles. The highest BCUT2D eigenvalue weighted by molar-refractivity contribution is 9.10. The van der Waals surface area contributed by atoms with E-state index in [1.54, 1.807) is 32.0 Å². The summed E-state index contributed by atoms with van der Waals surface area (Å²) in [5.74, 6) is 0. The molecule has 0 saturated heterocycles. The van der Waals surface area contributed by atoms with Crippen LogP contribution < -0.4 is 4.72 Å². The van der Waals surface area contributed by atoms with Gasteiger partial charge in [-0.25, -0.2) is 13.1 Å². The first-order valence-corrected chi connectivity index (χ1v) is 7.86. The average Bonchev–Trinajstić information content (AvgIpc) is 2.20. The molecule has 0 atom stereocenters. The number of nitrogens with one attached hydrogen (secondary N) is 1. The van der Waals surface area contributed by atoms with Gasteiger partial charge in [0.05, 0.1) is 4.90 Å². The van der Waals surface area contributed by atoms with Crippen molar-refractivity contribution in [2.45, 2.75) is 37.6 Å². The number of hydrogen-bond donors (Lipinski definition) is 2. The molecule has 0 spiro atoms. The molecule has 0 amide bonds. The number of sulfonamides is 1. The van der Waals surface area contributed by atoms with Crippen LogP contribution >= 0.6 is 15.9 Å². The number of halogens is 1. The normalized spacial score (nSPS) is 12.7. The van der Waals surface area contributed by atoms with Gasteiger partial charge in [-0.1, -0.05) is 15.9 Å². The summed E-state index contributed by atoms with van der Waals surface area (Å²) in [7, 11) is -3.56. The number of rotatable bonds is 5. The summed E-state index contributed by atoms with van der Waals surface area (Å²) in [6.07, 6.45) is 0.363. The molecule has 0 aliphatic heterocycles. The highest BCUT2D eigenvalue weighted by Crippen LogP contribution is 2.21. The van der Waals surface area contributed by atoms with Gasteiger partial charge in [0.25, 0.3) is 0 Å². The predicted molar refractivity (Wildman–Crippen MR) is 75.0 cm³/mol. The second kappa shape index (κ2) is 5.69. The summed E-state index contributed by atoms with van der Waals surface area (Å²) in [5, 5.41) is 8.91. The van der Waals surface area contributed by atoms with Crippen molar-refractivity contribution >= 4 is 26.0 Å². The molecule has 0 unspecified atom stereocenters. The maximum atomic E-state index is 12.2. The van der Waals surface area contributed by atoms with E-state index < -0.39 is 15.6 Å². The summed E-state index contributed by atoms with van der Waals surface area (Å²) in [6.45, 7) is 5.26. The largest absolute Gasteiger partial charge is 0.396 e. The van der Waals surface area contributed by atoms with Gasteiger partial charge >= 0.3 is 0 Å². The molecular formula is C12H18BrNO3S. The van der Waals surface area contributed by atoms with Crippen molar-refractivity contribution in [1.82, 2.24) is 4.72 Å². The Bertz CT molecular complexity index is 526. The van der Waals surface area contributed by atoms with Crippen LogP contribution in [0, 0.1) is 6.92 Å².